The number of fused-ring (bicyclic) bond motifs is 1. The number of carbonyl (C=O) groups excluding carboxylic acids is 2. The van der Waals surface area contributed by atoms with E-state index >= 15 is 0 Å². The minimum atomic E-state index is -1.29. The van der Waals surface area contributed by atoms with E-state index in [9.17, 15) is 19.2 Å². The van der Waals surface area contributed by atoms with E-state index in [0.29, 0.717) is 12.2 Å². The number of carboxylic acids is 2. The number of hydrogen-bond acceptors (Lipinski definition) is 8. The average molecular weight is 342 g/mol. The van der Waals surface area contributed by atoms with Crippen LogP contribution in [0.5, 0.6) is 0 Å². The van der Waals surface area contributed by atoms with Gasteiger partial charge in [0.05, 0.1) is 13.2 Å². The van der Waals surface area contributed by atoms with Crippen molar-refractivity contribution in [3.8, 4) is 0 Å². The van der Waals surface area contributed by atoms with Crippen molar-refractivity contribution in [1.82, 2.24) is 0 Å². The number of hydrogen-bond donors (Lipinski definition) is 2. The summed E-state index contributed by atoms with van der Waals surface area (Å²) < 4.78 is 20.9. The summed E-state index contributed by atoms with van der Waals surface area (Å²) in [6.45, 7) is 0.00199. The molecule has 2 fully saturated rings. The number of ether oxygens (including phenoxy) is 4. The number of carbonyl (C=O) groups is 4. The van der Waals surface area contributed by atoms with Gasteiger partial charge in [0, 0.05) is 24.3 Å². The molecule has 10 heteroatoms. The van der Waals surface area contributed by atoms with Crippen LogP contribution in [0.2, 0.25) is 0 Å². The van der Waals surface area contributed by atoms with Gasteiger partial charge in [-0.25, -0.2) is 19.2 Å². The molecule has 0 bridgehead atoms. The number of rotatable bonds is 6. The van der Waals surface area contributed by atoms with Crippen molar-refractivity contribution in [2.45, 2.75) is 24.4 Å². The van der Waals surface area contributed by atoms with Crippen LogP contribution in [-0.2, 0) is 38.1 Å². The molecule has 0 unspecified atom stereocenters. The quantitative estimate of drug-likeness (QED) is 0.450. The fraction of sp³-hybridized carbons (Fsp3) is 0.429. The molecule has 2 N–H and O–H groups in total. The Morgan fingerprint density at radius 1 is 0.750 bits per heavy atom. The Balaban J connectivity index is 1.87. The maximum atomic E-state index is 11.5. The minimum absolute atomic E-state index is 0.000993. The Labute approximate surface area is 135 Å². The summed E-state index contributed by atoms with van der Waals surface area (Å²) in [6, 6.07) is 0. The van der Waals surface area contributed by atoms with E-state index in [1.165, 1.54) is 0 Å². The molecular weight excluding hydrogens is 328 g/mol. The van der Waals surface area contributed by atoms with Gasteiger partial charge >= 0.3 is 23.9 Å². The van der Waals surface area contributed by atoms with Gasteiger partial charge in [0.25, 0.3) is 0 Å². The lowest BCUT2D eigenvalue weighted by atomic mass is 10.1. The van der Waals surface area contributed by atoms with Gasteiger partial charge in [-0.2, -0.15) is 0 Å². The van der Waals surface area contributed by atoms with Crippen LogP contribution in [0.15, 0.2) is 24.3 Å². The molecule has 24 heavy (non-hydrogen) atoms. The second-order valence-electron chi connectivity index (χ2n) is 4.89. The SMILES string of the molecule is O=C(O)/C=C\C(=O)O[C@@H]1CO[C@H]2[C@@H]1OC[C@H]2OC(=O)/C=C/C(=O)O. The average Bonchev–Trinajstić information content (AvgIpc) is 3.07. The van der Waals surface area contributed by atoms with Crippen LogP contribution in [0.25, 0.3) is 0 Å². The first kappa shape index (κ1) is 17.6. The summed E-state index contributed by atoms with van der Waals surface area (Å²) in [5, 5.41) is 16.9. The molecule has 0 spiro atoms. The highest BCUT2D eigenvalue weighted by Crippen LogP contribution is 2.30. The van der Waals surface area contributed by atoms with E-state index < -0.39 is 48.3 Å². The van der Waals surface area contributed by atoms with E-state index in [1.807, 2.05) is 0 Å². The zero-order valence-electron chi connectivity index (χ0n) is 12.2. The largest absolute Gasteiger partial charge is 0.478 e. The minimum Gasteiger partial charge on any atom is -0.478 e. The first-order chi connectivity index (χ1) is 11.4. The van der Waals surface area contributed by atoms with E-state index in [1.54, 1.807) is 0 Å². The molecule has 0 aromatic heterocycles. The summed E-state index contributed by atoms with van der Waals surface area (Å²) in [7, 11) is 0. The van der Waals surface area contributed by atoms with Gasteiger partial charge in [-0.15, -0.1) is 0 Å². The van der Waals surface area contributed by atoms with Crippen molar-refractivity contribution >= 4 is 23.9 Å². The zero-order valence-corrected chi connectivity index (χ0v) is 12.2. The molecule has 2 saturated heterocycles. The Hall–Kier alpha value is -2.72. The maximum absolute atomic E-state index is 11.5. The van der Waals surface area contributed by atoms with Crippen LogP contribution >= 0.6 is 0 Å². The lowest BCUT2D eigenvalue weighted by Crippen LogP contribution is -2.35. The van der Waals surface area contributed by atoms with Crippen molar-refractivity contribution in [3.63, 3.8) is 0 Å². The molecule has 0 radical (unpaired) electrons. The van der Waals surface area contributed by atoms with Crippen LogP contribution in [-0.4, -0.2) is 71.7 Å². The zero-order chi connectivity index (χ0) is 17.7. The second kappa shape index (κ2) is 7.70. The molecule has 2 aliphatic rings. The van der Waals surface area contributed by atoms with E-state index in [2.05, 4.69) is 0 Å². The first-order valence-electron chi connectivity index (χ1n) is 6.83. The van der Waals surface area contributed by atoms with E-state index in [0.717, 1.165) is 12.2 Å². The Morgan fingerprint density at radius 3 is 1.46 bits per heavy atom. The number of carboxylic acid groups (broad SMARTS) is 2. The standard InChI is InChI=1S/C14H14O10/c15-9(16)1-3-11(19)23-7-5-21-14-8(6-22-13(7)14)24-12(20)4-2-10(17)18/h1-4,7-8,13-14H,5-6H2,(H,15,16)(H,17,18)/b3-1-,4-2+/t7-,8-,13-,14-/m1/s1. The highest BCUT2D eigenvalue weighted by Gasteiger charge is 2.50. The van der Waals surface area contributed by atoms with E-state index in [-0.39, 0.29) is 13.2 Å². The van der Waals surface area contributed by atoms with Crippen LogP contribution in [0.3, 0.4) is 0 Å². The molecule has 0 aliphatic carbocycles. The predicted octanol–water partition coefficient (Wildman–Crippen LogP) is -1.11. The second-order valence-corrected chi connectivity index (χ2v) is 4.89. The van der Waals surface area contributed by atoms with Crippen molar-refractivity contribution in [3.05, 3.63) is 24.3 Å². The highest BCUT2D eigenvalue weighted by molar-refractivity contribution is 5.91. The summed E-state index contributed by atoms with van der Waals surface area (Å²) in [4.78, 5) is 43.6. The third-order valence-corrected chi connectivity index (χ3v) is 3.22. The molecular formula is C14H14O10. The Kier molecular flexibility index (Phi) is 5.66. The smallest absolute Gasteiger partial charge is 0.331 e. The third-order valence-electron chi connectivity index (χ3n) is 3.22. The molecule has 2 rings (SSSR count). The lowest BCUT2D eigenvalue weighted by molar-refractivity contribution is -0.149. The topological polar surface area (TPSA) is 146 Å². The summed E-state index contributed by atoms with van der Waals surface area (Å²) in [6.07, 6.45) is -0.0348. The maximum Gasteiger partial charge on any atom is 0.331 e. The molecule has 0 amide bonds. The fourth-order valence-corrected chi connectivity index (χ4v) is 2.29. The Morgan fingerprint density at radius 2 is 1.12 bits per heavy atom. The van der Waals surface area contributed by atoms with Crippen molar-refractivity contribution < 1.29 is 48.3 Å². The van der Waals surface area contributed by atoms with Crippen LogP contribution in [0.1, 0.15) is 0 Å². The van der Waals surface area contributed by atoms with Crippen LogP contribution < -0.4 is 0 Å². The van der Waals surface area contributed by atoms with Gasteiger partial charge < -0.3 is 29.2 Å². The first-order valence-corrected chi connectivity index (χ1v) is 6.83. The van der Waals surface area contributed by atoms with Crippen molar-refractivity contribution in [2.75, 3.05) is 13.2 Å². The van der Waals surface area contributed by atoms with Gasteiger partial charge in [0.2, 0.25) is 0 Å². The highest BCUT2D eigenvalue weighted by atomic mass is 16.7. The normalized spacial score (nSPS) is 28.8. The molecule has 4 atom stereocenters. The predicted molar refractivity (Wildman–Crippen MR) is 72.8 cm³/mol. The van der Waals surface area contributed by atoms with Gasteiger partial charge in [-0.1, -0.05) is 0 Å². The van der Waals surface area contributed by atoms with Crippen LogP contribution in [0.4, 0.5) is 0 Å². The van der Waals surface area contributed by atoms with Gasteiger partial charge in [-0.3, -0.25) is 0 Å². The Bertz CT molecular complexity index is 540. The summed E-state index contributed by atoms with van der Waals surface area (Å²) >= 11 is 0. The summed E-state index contributed by atoms with van der Waals surface area (Å²) in [5.41, 5.74) is 0. The van der Waals surface area contributed by atoms with Crippen molar-refractivity contribution in [2.24, 2.45) is 0 Å². The van der Waals surface area contributed by atoms with E-state index in [4.69, 9.17) is 29.2 Å². The van der Waals surface area contributed by atoms with Gasteiger partial charge in [0.15, 0.2) is 12.2 Å². The fourth-order valence-electron chi connectivity index (χ4n) is 2.29. The van der Waals surface area contributed by atoms with Crippen LogP contribution in [0, 0.1) is 0 Å². The lowest BCUT2D eigenvalue weighted by Gasteiger charge is -2.16. The van der Waals surface area contributed by atoms with Gasteiger partial charge in [-0.05, 0) is 0 Å². The molecule has 130 valence electrons. The van der Waals surface area contributed by atoms with Crippen molar-refractivity contribution in [1.29, 1.82) is 0 Å². The molecule has 0 aromatic carbocycles. The number of esters is 2. The molecule has 2 heterocycles. The molecule has 2 aliphatic heterocycles. The monoisotopic (exact) mass is 342 g/mol. The number of aliphatic carboxylic acids is 2. The third kappa shape index (κ3) is 4.64. The molecule has 0 saturated carbocycles. The molecule has 0 aromatic rings. The molecule has 10 nitrogen and oxygen atoms in total. The summed E-state index contributed by atoms with van der Waals surface area (Å²) in [5.74, 6) is -4.29. The van der Waals surface area contributed by atoms with Gasteiger partial charge in [0.1, 0.15) is 12.2 Å².